The molecule has 0 saturated carbocycles. The average molecular weight is 269 g/mol. The van der Waals surface area contributed by atoms with Gasteiger partial charge in [-0.1, -0.05) is 25.4 Å². The number of hydrogen-bond donors (Lipinski definition) is 1. The van der Waals surface area contributed by atoms with Crippen molar-refractivity contribution in [3.05, 3.63) is 28.5 Å². The Hall–Kier alpha value is -1.09. The van der Waals surface area contributed by atoms with Crippen molar-refractivity contribution in [3.8, 4) is 0 Å². The molecule has 100 valence electrons. The second-order valence-electron chi connectivity index (χ2n) is 5.15. The van der Waals surface area contributed by atoms with Gasteiger partial charge in [-0.3, -0.25) is 9.78 Å². The van der Waals surface area contributed by atoms with Crippen molar-refractivity contribution in [2.75, 3.05) is 0 Å². The van der Waals surface area contributed by atoms with Crippen LogP contribution in [0.5, 0.6) is 0 Å². The normalized spacial score (nSPS) is 12.6. The summed E-state index contributed by atoms with van der Waals surface area (Å²) in [6.45, 7) is 8.21. The van der Waals surface area contributed by atoms with Gasteiger partial charge < -0.3 is 5.32 Å². The molecule has 0 saturated heterocycles. The smallest absolute Gasteiger partial charge is 0.254 e. The predicted octanol–water partition coefficient (Wildman–Crippen LogP) is 3.60. The fraction of sp³-hybridized carbons (Fsp3) is 0.571. The summed E-state index contributed by atoms with van der Waals surface area (Å²) in [6, 6.07) is 1.85. The molecule has 0 spiro atoms. The molecule has 18 heavy (non-hydrogen) atoms. The number of carbonyl (C=O) groups is 1. The molecule has 1 unspecified atom stereocenters. The van der Waals surface area contributed by atoms with E-state index in [9.17, 15) is 4.79 Å². The lowest BCUT2D eigenvalue weighted by Crippen LogP contribution is -2.33. The molecule has 0 fully saturated rings. The van der Waals surface area contributed by atoms with Crippen LogP contribution >= 0.6 is 11.6 Å². The van der Waals surface area contributed by atoms with Crippen LogP contribution in [0, 0.1) is 12.8 Å². The van der Waals surface area contributed by atoms with Crippen LogP contribution in [0.3, 0.4) is 0 Å². The van der Waals surface area contributed by atoms with Crippen LogP contribution in [0.4, 0.5) is 0 Å². The van der Waals surface area contributed by atoms with E-state index in [1.54, 1.807) is 6.07 Å². The minimum Gasteiger partial charge on any atom is -0.349 e. The molecule has 3 nitrogen and oxygen atoms in total. The molecule has 1 aromatic rings. The minimum absolute atomic E-state index is 0.149. The van der Waals surface area contributed by atoms with Gasteiger partial charge in [-0.15, -0.1) is 0 Å². The molecule has 0 aliphatic rings. The first-order valence-electron chi connectivity index (χ1n) is 6.33. The zero-order chi connectivity index (χ0) is 13.7. The molecule has 1 amide bonds. The number of nitrogens with zero attached hydrogens (tertiary/aromatic N) is 1. The lowest BCUT2D eigenvalue weighted by atomic mass is 10.0. The van der Waals surface area contributed by atoms with Gasteiger partial charge in [0.05, 0.1) is 10.6 Å². The summed E-state index contributed by atoms with van der Waals surface area (Å²) in [4.78, 5) is 16.1. The Labute approximate surface area is 114 Å². The molecular formula is C14H21ClN2O. The molecule has 1 atom stereocenters. The number of aromatic nitrogens is 1. The van der Waals surface area contributed by atoms with E-state index in [0.717, 1.165) is 18.5 Å². The Balaban J connectivity index is 2.59. The Bertz CT molecular complexity index is 418. The van der Waals surface area contributed by atoms with Gasteiger partial charge in [0, 0.05) is 17.9 Å². The van der Waals surface area contributed by atoms with E-state index < -0.39 is 0 Å². The largest absolute Gasteiger partial charge is 0.349 e. The van der Waals surface area contributed by atoms with Crippen LogP contribution in [0.1, 0.15) is 49.7 Å². The second-order valence-corrected chi connectivity index (χ2v) is 5.56. The van der Waals surface area contributed by atoms with Gasteiger partial charge >= 0.3 is 0 Å². The van der Waals surface area contributed by atoms with E-state index in [1.807, 2.05) is 13.8 Å². The van der Waals surface area contributed by atoms with Gasteiger partial charge in [0.15, 0.2) is 0 Å². The standard InChI is InChI=1S/C14H21ClN2O/c1-9(2)5-6-10(3)17-14(18)12-8-16-11(4)7-13(12)15/h7-10H,5-6H2,1-4H3,(H,17,18). The van der Waals surface area contributed by atoms with Gasteiger partial charge in [-0.05, 0) is 38.7 Å². The molecule has 0 aliphatic carbocycles. The van der Waals surface area contributed by atoms with Gasteiger partial charge in [-0.2, -0.15) is 0 Å². The zero-order valence-electron chi connectivity index (χ0n) is 11.5. The summed E-state index contributed by atoms with van der Waals surface area (Å²) in [5, 5.41) is 3.40. The summed E-state index contributed by atoms with van der Waals surface area (Å²) in [5.74, 6) is 0.498. The quantitative estimate of drug-likeness (QED) is 0.887. The van der Waals surface area contributed by atoms with E-state index in [0.29, 0.717) is 16.5 Å². The van der Waals surface area contributed by atoms with Crippen molar-refractivity contribution in [2.24, 2.45) is 5.92 Å². The highest BCUT2D eigenvalue weighted by Gasteiger charge is 2.13. The summed E-state index contributed by atoms with van der Waals surface area (Å²) < 4.78 is 0. The number of pyridine rings is 1. The van der Waals surface area contributed by atoms with Gasteiger partial charge in [0.1, 0.15) is 0 Å². The number of halogens is 1. The highest BCUT2D eigenvalue weighted by atomic mass is 35.5. The van der Waals surface area contributed by atoms with E-state index >= 15 is 0 Å². The number of hydrogen-bond acceptors (Lipinski definition) is 2. The molecule has 0 radical (unpaired) electrons. The van der Waals surface area contributed by atoms with E-state index in [1.165, 1.54) is 6.20 Å². The van der Waals surface area contributed by atoms with Crippen LogP contribution in [-0.2, 0) is 0 Å². The molecule has 1 aromatic heterocycles. The van der Waals surface area contributed by atoms with Crippen molar-refractivity contribution in [3.63, 3.8) is 0 Å². The number of aryl methyl sites for hydroxylation is 1. The molecule has 0 bridgehead atoms. The van der Waals surface area contributed by atoms with Crippen molar-refractivity contribution in [1.29, 1.82) is 0 Å². The van der Waals surface area contributed by atoms with E-state index in [2.05, 4.69) is 24.1 Å². The third-order valence-corrected chi connectivity index (χ3v) is 3.10. The molecule has 0 aliphatic heterocycles. The van der Waals surface area contributed by atoms with Crippen LogP contribution in [0.2, 0.25) is 5.02 Å². The van der Waals surface area contributed by atoms with Gasteiger partial charge in [-0.25, -0.2) is 0 Å². The van der Waals surface area contributed by atoms with Crippen molar-refractivity contribution < 1.29 is 4.79 Å². The van der Waals surface area contributed by atoms with E-state index in [-0.39, 0.29) is 11.9 Å². The highest BCUT2D eigenvalue weighted by Crippen LogP contribution is 2.16. The zero-order valence-corrected chi connectivity index (χ0v) is 12.2. The first-order chi connectivity index (χ1) is 8.40. The molecular weight excluding hydrogens is 248 g/mol. The maximum Gasteiger partial charge on any atom is 0.254 e. The van der Waals surface area contributed by atoms with Gasteiger partial charge in [0.2, 0.25) is 0 Å². The lowest BCUT2D eigenvalue weighted by molar-refractivity contribution is 0.0937. The third-order valence-electron chi connectivity index (χ3n) is 2.79. The summed E-state index contributed by atoms with van der Waals surface area (Å²) in [6.07, 6.45) is 3.60. The Morgan fingerprint density at radius 3 is 2.61 bits per heavy atom. The fourth-order valence-electron chi connectivity index (χ4n) is 1.65. The van der Waals surface area contributed by atoms with Crippen molar-refractivity contribution >= 4 is 17.5 Å². The van der Waals surface area contributed by atoms with Crippen LogP contribution in [0.15, 0.2) is 12.3 Å². The van der Waals surface area contributed by atoms with Crippen molar-refractivity contribution in [2.45, 2.75) is 46.6 Å². The molecule has 1 N–H and O–H groups in total. The number of amides is 1. The maximum absolute atomic E-state index is 12.0. The Kier molecular flexibility index (Phi) is 5.60. The fourth-order valence-corrected chi connectivity index (χ4v) is 1.94. The Morgan fingerprint density at radius 1 is 1.39 bits per heavy atom. The van der Waals surface area contributed by atoms with Crippen LogP contribution < -0.4 is 5.32 Å². The summed E-state index contributed by atoms with van der Waals surface area (Å²) in [7, 11) is 0. The maximum atomic E-state index is 12.0. The molecule has 1 heterocycles. The number of nitrogens with one attached hydrogen (secondary N) is 1. The first kappa shape index (κ1) is 15.0. The van der Waals surface area contributed by atoms with Crippen LogP contribution in [-0.4, -0.2) is 16.9 Å². The number of carbonyl (C=O) groups excluding carboxylic acids is 1. The topological polar surface area (TPSA) is 42.0 Å². The lowest BCUT2D eigenvalue weighted by Gasteiger charge is -2.15. The summed E-state index contributed by atoms with van der Waals surface area (Å²) >= 11 is 6.03. The SMILES string of the molecule is Cc1cc(Cl)c(C(=O)NC(C)CCC(C)C)cn1. The highest BCUT2D eigenvalue weighted by molar-refractivity contribution is 6.33. The first-order valence-corrected chi connectivity index (χ1v) is 6.71. The average Bonchev–Trinajstić information content (AvgIpc) is 2.26. The van der Waals surface area contributed by atoms with Crippen molar-refractivity contribution in [1.82, 2.24) is 10.3 Å². The monoisotopic (exact) mass is 268 g/mol. The van der Waals surface area contributed by atoms with Gasteiger partial charge in [0.25, 0.3) is 5.91 Å². The van der Waals surface area contributed by atoms with E-state index in [4.69, 9.17) is 11.6 Å². The molecule has 0 aromatic carbocycles. The Morgan fingerprint density at radius 2 is 2.06 bits per heavy atom. The minimum atomic E-state index is -0.149. The molecule has 4 heteroatoms. The van der Waals surface area contributed by atoms with Crippen LogP contribution in [0.25, 0.3) is 0 Å². The third kappa shape index (κ3) is 4.65. The summed E-state index contributed by atoms with van der Waals surface area (Å²) in [5.41, 5.74) is 1.25. The molecule has 1 rings (SSSR count). The predicted molar refractivity (Wildman–Crippen MR) is 75.0 cm³/mol. The second kappa shape index (κ2) is 6.74. The number of rotatable bonds is 5.